The van der Waals surface area contributed by atoms with E-state index in [1.54, 1.807) is 12.1 Å². The summed E-state index contributed by atoms with van der Waals surface area (Å²) in [5, 5.41) is 0.694. The molecule has 2 unspecified atom stereocenters. The van der Waals surface area contributed by atoms with Crippen LogP contribution in [-0.2, 0) is 11.3 Å². The molecule has 2 rings (SSSR count). The number of halogens is 2. The summed E-state index contributed by atoms with van der Waals surface area (Å²) in [6.07, 6.45) is 0.522. The van der Waals surface area contributed by atoms with Crippen LogP contribution in [-0.4, -0.2) is 6.04 Å². The second-order valence-corrected chi connectivity index (χ2v) is 5.42. The highest BCUT2D eigenvalue weighted by molar-refractivity contribution is 6.30. The molecule has 0 fully saturated rings. The van der Waals surface area contributed by atoms with Crippen LogP contribution < -0.4 is 5.73 Å². The molecule has 21 heavy (non-hydrogen) atoms. The van der Waals surface area contributed by atoms with Crippen LogP contribution in [0.3, 0.4) is 0 Å². The summed E-state index contributed by atoms with van der Waals surface area (Å²) >= 11 is 5.86. The van der Waals surface area contributed by atoms with E-state index in [2.05, 4.69) is 0 Å². The van der Waals surface area contributed by atoms with Crippen molar-refractivity contribution in [1.29, 1.82) is 0 Å². The molecule has 2 atom stereocenters. The van der Waals surface area contributed by atoms with Crippen molar-refractivity contribution in [3.63, 3.8) is 0 Å². The van der Waals surface area contributed by atoms with Crippen molar-refractivity contribution in [2.45, 2.75) is 32.1 Å². The molecular weight excluding hydrogens is 289 g/mol. The molecule has 0 aliphatic rings. The average Bonchev–Trinajstić information content (AvgIpc) is 2.50. The topological polar surface area (TPSA) is 35.2 Å². The van der Waals surface area contributed by atoms with Crippen LogP contribution in [0.15, 0.2) is 48.5 Å². The number of hydrogen-bond acceptors (Lipinski definition) is 2. The van der Waals surface area contributed by atoms with Crippen molar-refractivity contribution in [3.05, 3.63) is 70.5 Å². The normalized spacial score (nSPS) is 13.9. The van der Waals surface area contributed by atoms with Crippen LogP contribution in [0, 0.1) is 5.82 Å². The second-order valence-electron chi connectivity index (χ2n) is 4.98. The van der Waals surface area contributed by atoms with Gasteiger partial charge in [0.25, 0.3) is 0 Å². The van der Waals surface area contributed by atoms with E-state index in [1.165, 1.54) is 12.1 Å². The van der Waals surface area contributed by atoms with Gasteiger partial charge < -0.3 is 10.5 Å². The first-order valence-electron chi connectivity index (χ1n) is 6.97. The largest absolute Gasteiger partial charge is 0.367 e. The third kappa shape index (κ3) is 4.53. The van der Waals surface area contributed by atoms with Crippen LogP contribution >= 0.6 is 11.6 Å². The minimum atomic E-state index is -0.264. The third-order valence-electron chi connectivity index (χ3n) is 3.40. The molecule has 0 aliphatic carbocycles. The smallest absolute Gasteiger partial charge is 0.123 e. The number of rotatable bonds is 6. The Morgan fingerprint density at radius 1 is 1.10 bits per heavy atom. The first-order valence-corrected chi connectivity index (χ1v) is 7.35. The summed E-state index contributed by atoms with van der Waals surface area (Å²) < 4.78 is 19.0. The fraction of sp³-hybridized carbons (Fsp3) is 0.294. The fourth-order valence-corrected chi connectivity index (χ4v) is 2.23. The third-order valence-corrected chi connectivity index (χ3v) is 3.65. The molecule has 0 bridgehead atoms. The zero-order valence-electron chi connectivity index (χ0n) is 11.9. The molecule has 0 spiro atoms. The molecule has 0 heterocycles. The van der Waals surface area contributed by atoms with Gasteiger partial charge >= 0.3 is 0 Å². The van der Waals surface area contributed by atoms with E-state index < -0.39 is 0 Å². The van der Waals surface area contributed by atoms with Crippen molar-refractivity contribution in [2.75, 3.05) is 0 Å². The van der Waals surface area contributed by atoms with E-state index in [1.807, 2.05) is 31.2 Å². The zero-order valence-corrected chi connectivity index (χ0v) is 12.7. The molecule has 2 aromatic carbocycles. The lowest BCUT2D eigenvalue weighted by Gasteiger charge is -2.24. The van der Waals surface area contributed by atoms with Gasteiger partial charge in [-0.3, -0.25) is 0 Å². The number of nitrogens with two attached hydrogens (primary N) is 1. The van der Waals surface area contributed by atoms with E-state index >= 15 is 0 Å². The van der Waals surface area contributed by atoms with Crippen LogP contribution in [0.2, 0.25) is 5.02 Å². The maximum absolute atomic E-state index is 13.0. The highest BCUT2D eigenvalue weighted by atomic mass is 35.5. The highest BCUT2D eigenvalue weighted by Gasteiger charge is 2.19. The van der Waals surface area contributed by atoms with Crippen molar-refractivity contribution in [2.24, 2.45) is 5.73 Å². The molecule has 0 saturated carbocycles. The highest BCUT2D eigenvalue weighted by Crippen LogP contribution is 2.24. The molecule has 0 aliphatic heterocycles. The Kier molecular flexibility index (Phi) is 5.74. The Balaban J connectivity index is 2.09. The minimum absolute atomic E-state index is 0.136. The predicted octanol–water partition coefficient (Wildman–Crippen LogP) is 4.47. The average molecular weight is 308 g/mol. The van der Waals surface area contributed by atoms with Gasteiger partial charge in [0.05, 0.1) is 12.7 Å². The van der Waals surface area contributed by atoms with E-state index in [0.717, 1.165) is 17.5 Å². The molecular formula is C17H19ClFNO. The summed E-state index contributed by atoms with van der Waals surface area (Å²) in [4.78, 5) is 0. The summed E-state index contributed by atoms with van der Waals surface area (Å²) in [6, 6.07) is 13.6. The second kappa shape index (κ2) is 7.55. The lowest BCUT2D eigenvalue weighted by Crippen LogP contribution is -2.29. The fourth-order valence-electron chi connectivity index (χ4n) is 2.10. The van der Waals surface area contributed by atoms with Gasteiger partial charge in [0.1, 0.15) is 5.82 Å². The zero-order chi connectivity index (χ0) is 15.2. The lowest BCUT2D eigenvalue weighted by molar-refractivity contribution is 0.0212. The van der Waals surface area contributed by atoms with Crippen LogP contribution in [0.1, 0.15) is 30.6 Å². The van der Waals surface area contributed by atoms with Crippen molar-refractivity contribution >= 4 is 11.6 Å². The molecule has 4 heteroatoms. The minimum Gasteiger partial charge on any atom is -0.367 e. The summed E-state index contributed by atoms with van der Waals surface area (Å²) in [7, 11) is 0. The molecule has 2 nitrogen and oxygen atoms in total. The maximum Gasteiger partial charge on any atom is 0.123 e. The van der Waals surface area contributed by atoms with Gasteiger partial charge in [-0.1, -0.05) is 42.8 Å². The van der Waals surface area contributed by atoms with Gasteiger partial charge in [0.2, 0.25) is 0 Å². The molecule has 2 aromatic rings. The van der Waals surface area contributed by atoms with E-state index in [-0.39, 0.29) is 18.0 Å². The Morgan fingerprint density at radius 3 is 2.29 bits per heavy atom. The standard InChI is InChI=1S/C17H19ClFNO/c1-2-16(20)17(13-5-9-15(19)10-6-13)21-11-12-3-7-14(18)8-4-12/h3-10,16-17H,2,11,20H2,1H3. The van der Waals surface area contributed by atoms with Gasteiger partial charge in [-0.15, -0.1) is 0 Å². The van der Waals surface area contributed by atoms with E-state index in [4.69, 9.17) is 22.1 Å². The maximum atomic E-state index is 13.0. The molecule has 0 saturated heterocycles. The number of hydrogen-bond donors (Lipinski definition) is 1. The van der Waals surface area contributed by atoms with E-state index in [9.17, 15) is 4.39 Å². The molecule has 2 N–H and O–H groups in total. The Morgan fingerprint density at radius 2 is 1.71 bits per heavy atom. The van der Waals surface area contributed by atoms with Gasteiger partial charge in [0.15, 0.2) is 0 Å². The molecule has 112 valence electrons. The van der Waals surface area contributed by atoms with Crippen LogP contribution in [0.5, 0.6) is 0 Å². The summed E-state index contributed by atoms with van der Waals surface area (Å²) in [6.45, 7) is 2.44. The van der Waals surface area contributed by atoms with Crippen LogP contribution in [0.4, 0.5) is 4.39 Å². The SMILES string of the molecule is CCC(N)C(OCc1ccc(Cl)cc1)c1ccc(F)cc1. The number of benzene rings is 2. The van der Waals surface area contributed by atoms with Crippen molar-refractivity contribution < 1.29 is 9.13 Å². The van der Waals surface area contributed by atoms with Crippen molar-refractivity contribution in [3.8, 4) is 0 Å². The molecule has 0 radical (unpaired) electrons. The monoisotopic (exact) mass is 307 g/mol. The Bertz CT molecular complexity index is 556. The van der Waals surface area contributed by atoms with E-state index in [0.29, 0.717) is 11.6 Å². The molecule has 0 aromatic heterocycles. The van der Waals surface area contributed by atoms with Gasteiger partial charge in [-0.05, 0) is 41.8 Å². The predicted molar refractivity (Wildman–Crippen MR) is 83.6 cm³/mol. The number of ether oxygens (including phenoxy) is 1. The summed E-state index contributed by atoms with van der Waals surface area (Å²) in [5.74, 6) is -0.264. The van der Waals surface area contributed by atoms with Gasteiger partial charge in [-0.2, -0.15) is 0 Å². The van der Waals surface area contributed by atoms with Crippen LogP contribution in [0.25, 0.3) is 0 Å². The summed E-state index contributed by atoms with van der Waals surface area (Å²) in [5.41, 5.74) is 8.05. The Hall–Kier alpha value is -1.42. The Labute approximate surface area is 129 Å². The van der Waals surface area contributed by atoms with Gasteiger partial charge in [0, 0.05) is 11.1 Å². The first kappa shape index (κ1) is 16.0. The first-order chi connectivity index (χ1) is 10.1. The quantitative estimate of drug-likeness (QED) is 0.854. The van der Waals surface area contributed by atoms with Gasteiger partial charge in [-0.25, -0.2) is 4.39 Å². The lowest BCUT2D eigenvalue weighted by atomic mass is 10.0. The molecule has 0 amide bonds. The van der Waals surface area contributed by atoms with Crippen molar-refractivity contribution in [1.82, 2.24) is 0 Å².